The van der Waals surface area contributed by atoms with Gasteiger partial charge in [-0.25, -0.2) is 19.3 Å². The number of rotatable bonds is 5. The lowest BCUT2D eigenvalue weighted by Gasteiger charge is -2.13. The molecule has 0 aliphatic heterocycles. The van der Waals surface area contributed by atoms with Crippen LogP contribution in [0.5, 0.6) is 0 Å². The minimum atomic E-state index is -0.265. The van der Waals surface area contributed by atoms with Crippen molar-refractivity contribution < 1.29 is 8.81 Å². The molecule has 0 amide bonds. The number of oxazole rings is 1. The van der Waals surface area contributed by atoms with Crippen molar-refractivity contribution in [3.63, 3.8) is 0 Å². The fraction of sp³-hybridized carbons (Fsp3) is 0.160. The zero-order valence-corrected chi connectivity index (χ0v) is 18.0. The van der Waals surface area contributed by atoms with Crippen molar-refractivity contribution in [2.24, 2.45) is 0 Å². The molecule has 160 valence electrons. The normalized spacial score (nSPS) is 11.4. The molecule has 0 aliphatic carbocycles. The van der Waals surface area contributed by atoms with Crippen molar-refractivity contribution in [3.8, 4) is 22.7 Å². The maximum atomic E-state index is 13.5. The van der Waals surface area contributed by atoms with Gasteiger partial charge >= 0.3 is 0 Å². The van der Waals surface area contributed by atoms with E-state index in [0.29, 0.717) is 17.5 Å². The smallest absolute Gasteiger partial charge is 0.191 e. The molecule has 3 aromatic heterocycles. The van der Waals surface area contributed by atoms with Gasteiger partial charge in [-0.3, -0.25) is 0 Å². The van der Waals surface area contributed by atoms with E-state index >= 15 is 0 Å². The third kappa shape index (κ3) is 3.62. The summed E-state index contributed by atoms with van der Waals surface area (Å²) in [4.78, 5) is 13.6. The van der Waals surface area contributed by atoms with Gasteiger partial charge in [0.2, 0.25) is 0 Å². The molecule has 0 aliphatic rings. The van der Waals surface area contributed by atoms with Crippen LogP contribution in [0.4, 0.5) is 15.9 Å². The van der Waals surface area contributed by atoms with E-state index in [9.17, 15) is 4.39 Å². The van der Waals surface area contributed by atoms with Crippen molar-refractivity contribution >= 4 is 22.5 Å². The number of imidazole rings is 1. The monoisotopic (exact) mass is 427 g/mol. The number of halogens is 1. The van der Waals surface area contributed by atoms with E-state index in [2.05, 4.69) is 33.7 Å². The summed E-state index contributed by atoms with van der Waals surface area (Å²) in [5.74, 6) is 2.53. The van der Waals surface area contributed by atoms with Crippen molar-refractivity contribution in [1.29, 1.82) is 0 Å². The summed E-state index contributed by atoms with van der Waals surface area (Å²) in [6.07, 6.45) is 3.44. The molecule has 0 spiro atoms. The van der Waals surface area contributed by atoms with Gasteiger partial charge < -0.3 is 14.3 Å². The number of benzene rings is 2. The average Bonchev–Trinajstić information content (AvgIpc) is 3.39. The van der Waals surface area contributed by atoms with Crippen molar-refractivity contribution in [3.05, 3.63) is 78.7 Å². The summed E-state index contributed by atoms with van der Waals surface area (Å²) in [5, 5.41) is 3.38. The van der Waals surface area contributed by atoms with Crippen LogP contribution in [-0.2, 0) is 0 Å². The molecule has 2 aromatic carbocycles. The first-order valence-corrected chi connectivity index (χ1v) is 10.4. The van der Waals surface area contributed by atoms with Gasteiger partial charge in [0.15, 0.2) is 11.7 Å². The number of hydrogen-bond acceptors (Lipinski definition) is 5. The summed E-state index contributed by atoms with van der Waals surface area (Å²) in [7, 11) is 0. The Hall–Kier alpha value is -4.00. The van der Waals surface area contributed by atoms with E-state index in [0.717, 1.165) is 33.7 Å². The summed E-state index contributed by atoms with van der Waals surface area (Å²) < 4.78 is 21.2. The molecule has 0 bridgehead atoms. The van der Waals surface area contributed by atoms with Crippen LogP contribution in [0.25, 0.3) is 33.7 Å². The molecule has 6 nitrogen and oxygen atoms in total. The van der Waals surface area contributed by atoms with Gasteiger partial charge in [-0.2, -0.15) is 0 Å². The molecular formula is C25H22FN5O. The SMILES string of the molecule is Cc1ncc(-c2ccc(Nc3cccc4c3nc(-c3ccc(F)cc3)n4C(C)C)nc2)o1. The fourth-order valence-electron chi connectivity index (χ4n) is 3.79. The average molecular weight is 427 g/mol. The van der Waals surface area contributed by atoms with Crippen LogP contribution in [0.1, 0.15) is 25.8 Å². The van der Waals surface area contributed by atoms with Crippen LogP contribution in [0.15, 0.2) is 71.4 Å². The van der Waals surface area contributed by atoms with Gasteiger partial charge in [-0.05, 0) is 62.4 Å². The van der Waals surface area contributed by atoms with Crippen LogP contribution in [-0.4, -0.2) is 19.5 Å². The topological polar surface area (TPSA) is 68.8 Å². The molecule has 7 heteroatoms. The van der Waals surface area contributed by atoms with Gasteiger partial charge in [0.25, 0.3) is 0 Å². The minimum absolute atomic E-state index is 0.179. The van der Waals surface area contributed by atoms with Crippen LogP contribution >= 0.6 is 0 Å². The highest BCUT2D eigenvalue weighted by molar-refractivity contribution is 5.93. The Balaban J connectivity index is 1.53. The van der Waals surface area contributed by atoms with E-state index < -0.39 is 0 Å². The third-order valence-electron chi connectivity index (χ3n) is 5.27. The van der Waals surface area contributed by atoms with Gasteiger partial charge in [0.1, 0.15) is 23.0 Å². The fourth-order valence-corrected chi connectivity index (χ4v) is 3.79. The van der Waals surface area contributed by atoms with E-state index in [1.54, 1.807) is 24.5 Å². The second kappa shape index (κ2) is 7.92. The van der Waals surface area contributed by atoms with Gasteiger partial charge in [-0.15, -0.1) is 0 Å². The summed E-state index contributed by atoms with van der Waals surface area (Å²) in [6, 6.07) is 16.5. The van der Waals surface area contributed by atoms with Crippen LogP contribution in [0.2, 0.25) is 0 Å². The highest BCUT2D eigenvalue weighted by atomic mass is 19.1. The molecule has 3 heterocycles. The summed E-state index contributed by atoms with van der Waals surface area (Å²) >= 11 is 0. The highest BCUT2D eigenvalue weighted by Crippen LogP contribution is 2.33. The van der Waals surface area contributed by atoms with E-state index in [1.807, 2.05) is 37.3 Å². The highest BCUT2D eigenvalue weighted by Gasteiger charge is 2.17. The first-order chi connectivity index (χ1) is 15.5. The van der Waals surface area contributed by atoms with Crippen molar-refractivity contribution in [2.45, 2.75) is 26.8 Å². The summed E-state index contributed by atoms with van der Waals surface area (Å²) in [6.45, 7) is 6.03. The maximum Gasteiger partial charge on any atom is 0.191 e. The molecular weight excluding hydrogens is 405 g/mol. The quantitative estimate of drug-likeness (QED) is 0.346. The first-order valence-electron chi connectivity index (χ1n) is 10.4. The van der Waals surface area contributed by atoms with E-state index in [1.165, 1.54) is 12.1 Å². The number of anilines is 2. The standard InChI is InChI=1S/C25H22FN5O/c1-15(2)31-21-6-4-5-20(24(21)30-25(31)17-7-10-19(26)11-8-17)29-23-12-9-18(13-28-23)22-14-27-16(3)32-22/h4-15H,1-3H3,(H,28,29). The number of hydrogen-bond donors (Lipinski definition) is 1. The zero-order valence-electron chi connectivity index (χ0n) is 18.0. The zero-order chi connectivity index (χ0) is 22.2. The second-order valence-electron chi connectivity index (χ2n) is 7.88. The molecule has 0 radical (unpaired) electrons. The van der Waals surface area contributed by atoms with Crippen molar-refractivity contribution in [2.75, 3.05) is 5.32 Å². The lowest BCUT2D eigenvalue weighted by atomic mass is 10.2. The summed E-state index contributed by atoms with van der Waals surface area (Å²) in [5.41, 5.74) is 4.40. The Morgan fingerprint density at radius 1 is 0.938 bits per heavy atom. The largest absolute Gasteiger partial charge is 0.441 e. The second-order valence-corrected chi connectivity index (χ2v) is 7.88. The molecule has 0 saturated heterocycles. The van der Waals surface area contributed by atoms with Crippen LogP contribution in [0, 0.1) is 12.7 Å². The maximum absolute atomic E-state index is 13.5. The first kappa shape index (κ1) is 19.9. The Morgan fingerprint density at radius 2 is 1.72 bits per heavy atom. The number of fused-ring (bicyclic) bond motifs is 1. The van der Waals surface area contributed by atoms with E-state index in [4.69, 9.17) is 9.40 Å². The van der Waals surface area contributed by atoms with Gasteiger partial charge in [0.05, 0.1) is 17.4 Å². The molecule has 1 N–H and O–H groups in total. The van der Waals surface area contributed by atoms with Crippen LogP contribution in [0.3, 0.4) is 0 Å². The van der Waals surface area contributed by atoms with Crippen molar-refractivity contribution in [1.82, 2.24) is 19.5 Å². The number of pyridine rings is 1. The Morgan fingerprint density at radius 3 is 2.38 bits per heavy atom. The molecule has 0 fully saturated rings. The van der Waals surface area contributed by atoms with Crippen LogP contribution < -0.4 is 5.32 Å². The lowest BCUT2D eigenvalue weighted by Crippen LogP contribution is -2.03. The number of nitrogens with one attached hydrogen (secondary N) is 1. The molecule has 0 saturated carbocycles. The molecule has 0 atom stereocenters. The Kier molecular flexibility index (Phi) is 4.93. The number of aromatic nitrogens is 4. The Bertz CT molecular complexity index is 1380. The number of nitrogens with zero attached hydrogens (tertiary/aromatic N) is 4. The number of aryl methyl sites for hydroxylation is 1. The lowest BCUT2D eigenvalue weighted by molar-refractivity contribution is 0.534. The van der Waals surface area contributed by atoms with Gasteiger partial charge in [-0.1, -0.05) is 6.07 Å². The third-order valence-corrected chi connectivity index (χ3v) is 5.27. The van der Waals surface area contributed by atoms with Gasteiger partial charge in [0, 0.05) is 30.3 Å². The molecule has 5 aromatic rings. The molecule has 5 rings (SSSR count). The predicted molar refractivity (Wildman–Crippen MR) is 123 cm³/mol. The number of para-hydroxylation sites is 1. The predicted octanol–water partition coefficient (Wildman–Crippen LogP) is 6.53. The molecule has 32 heavy (non-hydrogen) atoms. The molecule has 0 unspecified atom stereocenters. The Labute approximate surface area is 184 Å². The van der Waals surface area contributed by atoms with E-state index in [-0.39, 0.29) is 11.9 Å². The minimum Gasteiger partial charge on any atom is -0.441 e.